The molecule has 0 saturated carbocycles. The second kappa shape index (κ2) is 13.2. The van der Waals surface area contributed by atoms with Crippen molar-refractivity contribution in [2.45, 2.75) is 0 Å². The lowest BCUT2D eigenvalue weighted by Crippen LogP contribution is -2.09. The van der Waals surface area contributed by atoms with Crippen molar-refractivity contribution in [2.75, 3.05) is 11.9 Å². The summed E-state index contributed by atoms with van der Waals surface area (Å²) in [5.41, 5.74) is 17.1. The Balaban J connectivity index is 1.16. The van der Waals surface area contributed by atoms with Gasteiger partial charge in [0.25, 0.3) is 0 Å². The van der Waals surface area contributed by atoms with Crippen molar-refractivity contribution in [1.82, 2.24) is 0 Å². The monoisotopic (exact) mass is 688 g/mol. The van der Waals surface area contributed by atoms with Gasteiger partial charge < -0.3 is 4.90 Å². The molecule has 0 aliphatic heterocycles. The molecule has 0 atom stereocenters. The van der Waals surface area contributed by atoms with Crippen molar-refractivity contribution in [1.29, 1.82) is 0 Å². The van der Waals surface area contributed by atoms with Gasteiger partial charge in [-0.2, -0.15) is 0 Å². The predicted octanol–water partition coefficient (Wildman–Crippen LogP) is 14.2. The lowest BCUT2D eigenvalue weighted by Gasteiger charge is -2.25. The maximum Gasteiger partial charge on any atom is 0.0462 e. The maximum absolute atomic E-state index is 4.19. The summed E-state index contributed by atoms with van der Waals surface area (Å²) in [6, 6.07) is 70.5. The van der Waals surface area contributed by atoms with Crippen LogP contribution in [0.3, 0.4) is 0 Å². The van der Waals surface area contributed by atoms with E-state index in [1.54, 1.807) is 7.05 Å². The number of rotatable bonds is 7. The normalized spacial score (nSPS) is 11.7. The summed E-state index contributed by atoms with van der Waals surface area (Å²) in [6.45, 7) is 0. The first-order valence-electron chi connectivity index (χ1n) is 18.5. The van der Waals surface area contributed by atoms with E-state index in [9.17, 15) is 0 Å². The molecule has 2 heteroatoms. The van der Waals surface area contributed by atoms with Crippen LogP contribution in [-0.2, 0) is 0 Å². The summed E-state index contributed by atoms with van der Waals surface area (Å²) in [5.74, 6) is 0. The number of nitrogens with zero attached hydrogens (tertiary/aromatic N) is 2. The standard InChI is InChI=1S/C52H36N2/c1-53-34-35-24-28-40(29-25-35)54(39-18-9-4-10-19-39)41-30-26-36(27-31-41)42-32-33-47-50-43(42)22-13-23-46(50)51-48(37-14-5-2-6-15-37)44-20-11-12-21-45(44)49(52(47)51)38-16-7-3-8-17-38/h2-34H,1H3/b53-34+. The zero-order valence-electron chi connectivity index (χ0n) is 29.9. The molecule has 0 fully saturated rings. The SMILES string of the molecule is C/N=C/c1ccc(N(c2ccccc2)c2ccc(-c3ccc4c5c(cccc35)-c3c-4c(-c4ccccc4)c4ccccc4c3-c3ccccc3)cc2)cc1. The van der Waals surface area contributed by atoms with Crippen molar-refractivity contribution in [3.63, 3.8) is 0 Å². The molecule has 54 heavy (non-hydrogen) atoms. The van der Waals surface area contributed by atoms with Crippen LogP contribution in [0.15, 0.2) is 199 Å². The first-order valence-corrected chi connectivity index (χ1v) is 18.5. The highest BCUT2D eigenvalue weighted by atomic mass is 15.1. The van der Waals surface area contributed by atoms with Crippen molar-refractivity contribution in [3.8, 4) is 55.6 Å². The fourth-order valence-electron chi connectivity index (χ4n) is 8.53. The van der Waals surface area contributed by atoms with E-state index in [1.807, 2.05) is 6.21 Å². The van der Waals surface area contributed by atoms with Gasteiger partial charge in [-0.05, 0) is 119 Å². The molecule has 10 rings (SSSR count). The zero-order chi connectivity index (χ0) is 36.0. The van der Waals surface area contributed by atoms with Crippen LogP contribution >= 0.6 is 0 Å². The Bertz CT molecular complexity index is 2750. The van der Waals surface area contributed by atoms with E-state index in [1.165, 1.54) is 77.2 Å². The smallest absolute Gasteiger partial charge is 0.0462 e. The van der Waals surface area contributed by atoms with Crippen LogP contribution in [0.1, 0.15) is 5.56 Å². The van der Waals surface area contributed by atoms with Gasteiger partial charge in [0.05, 0.1) is 0 Å². The van der Waals surface area contributed by atoms with Gasteiger partial charge >= 0.3 is 0 Å². The van der Waals surface area contributed by atoms with E-state index in [4.69, 9.17) is 0 Å². The van der Waals surface area contributed by atoms with Crippen LogP contribution in [-0.4, -0.2) is 13.3 Å². The first kappa shape index (κ1) is 31.7. The summed E-state index contributed by atoms with van der Waals surface area (Å²) in [4.78, 5) is 6.50. The number of hydrogen-bond donors (Lipinski definition) is 0. The number of fused-ring (bicyclic) bond motifs is 4. The third-order valence-electron chi connectivity index (χ3n) is 10.8. The Labute approximate surface area is 316 Å². The molecule has 0 amide bonds. The Kier molecular flexibility index (Phi) is 7.74. The predicted molar refractivity (Wildman–Crippen MR) is 230 cm³/mol. The molecule has 1 aliphatic rings. The summed E-state index contributed by atoms with van der Waals surface area (Å²) in [5, 5.41) is 5.14. The van der Waals surface area contributed by atoms with Gasteiger partial charge in [0, 0.05) is 30.3 Å². The van der Waals surface area contributed by atoms with Crippen molar-refractivity contribution in [2.24, 2.45) is 4.99 Å². The molecule has 0 saturated heterocycles. The molecule has 254 valence electrons. The minimum atomic E-state index is 1.08. The minimum Gasteiger partial charge on any atom is -0.311 e. The number of aliphatic imine (C=N–C) groups is 1. The number of para-hydroxylation sites is 1. The quantitative estimate of drug-likeness (QED) is 0.152. The Hall–Kier alpha value is -7.03. The lowest BCUT2D eigenvalue weighted by molar-refractivity contribution is 1.28. The van der Waals surface area contributed by atoms with E-state index in [-0.39, 0.29) is 0 Å². The van der Waals surface area contributed by atoms with Crippen molar-refractivity contribution >= 4 is 44.8 Å². The van der Waals surface area contributed by atoms with E-state index >= 15 is 0 Å². The molecular weight excluding hydrogens is 653 g/mol. The summed E-state index contributed by atoms with van der Waals surface area (Å²) < 4.78 is 0. The molecule has 0 bridgehead atoms. The van der Waals surface area contributed by atoms with Crippen molar-refractivity contribution < 1.29 is 0 Å². The average Bonchev–Trinajstić information content (AvgIpc) is 3.57. The second-order valence-corrected chi connectivity index (χ2v) is 13.9. The van der Waals surface area contributed by atoms with Crippen LogP contribution in [0.2, 0.25) is 0 Å². The molecule has 0 heterocycles. The molecule has 0 N–H and O–H groups in total. The lowest BCUT2D eigenvalue weighted by atomic mass is 9.82. The second-order valence-electron chi connectivity index (χ2n) is 13.9. The number of anilines is 3. The van der Waals surface area contributed by atoms with Gasteiger partial charge in [0.2, 0.25) is 0 Å². The van der Waals surface area contributed by atoms with Crippen LogP contribution in [0, 0.1) is 0 Å². The van der Waals surface area contributed by atoms with Gasteiger partial charge in [-0.3, -0.25) is 4.99 Å². The molecular formula is C52H36N2. The highest BCUT2D eigenvalue weighted by Crippen LogP contribution is 2.58. The number of hydrogen-bond acceptors (Lipinski definition) is 2. The Morgan fingerprint density at radius 3 is 1.39 bits per heavy atom. The molecule has 0 spiro atoms. The third kappa shape index (κ3) is 5.15. The highest BCUT2D eigenvalue weighted by molar-refractivity contribution is 6.28. The van der Waals surface area contributed by atoms with Gasteiger partial charge in [0.15, 0.2) is 0 Å². The van der Waals surface area contributed by atoms with Crippen molar-refractivity contribution in [3.05, 3.63) is 200 Å². The van der Waals surface area contributed by atoms with Crippen LogP contribution < -0.4 is 4.90 Å². The molecule has 9 aromatic carbocycles. The van der Waals surface area contributed by atoms with E-state index in [0.717, 1.165) is 22.6 Å². The molecule has 0 aromatic heterocycles. The zero-order valence-corrected chi connectivity index (χ0v) is 29.9. The first-order chi connectivity index (χ1) is 26.8. The van der Waals surface area contributed by atoms with E-state index in [2.05, 4.69) is 204 Å². The van der Waals surface area contributed by atoms with E-state index in [0.29, 0.717) is 0 Å². The third-order valence-corrected chi connectivity index (χ3v) is 10.8. The highest BCUT2D eigenvalue weighted by Gasteiger charge is 2.31. The van der Waals surface area contributed by atoms with Gasteiger partial charge in [-0.15, -0.1) is 0 Å². The minimum absolute atomic E-state index is 1.08. The molecule has 1 aliphatic carbocycles. The Morgan fingerprint density at radius 2 is 0.815 bits per heavy atom. The summed E-state index contributed by atoms with van der Waals surface area (Å²) >= 11 is 0. The van der Waals surface area contributed by atoms with Gasteiger partial charge in [-0.25, -0.2) is 0 Å². The van der Waals surface area contributed by atoms with Crippen LogP contribution in [0.4, 0.5) is 17.1 Å². The summed E-state index contributed by atoms with van der Waals surface area (Å²) in [7, 11) is 1.80. The van der Waals surface area contributed by atoms with Crippen LogP contribution in [0.5, 0.6) is 0 Å². The largest absolute Gasteiger partial charge is 0.311 e. The number of benzene rings is 9. The topological polar surface area (TPSA) is 15.6 Å². The molecule has 0 radical (unpaired) electrons. The average molecular weight is 689 g/mol. The van der Waals surface area contributed by atoms with E-state index < -0.39 is 0 Å². The maximum atomic E-state index is 4.19. The van der Waals surface area contributed by atoms with Gasteiger partial charge in [0.1, 0.15) is 0 Å². The molecule has 2 nitrogen and oxygen atoms in total. The van der Waals surface area contributed by atoms with Gasteiger partial charge in [-0.1, -0.05) is 158 Å². The molecule has 0 unspecified atom stereocenters. The van der Waals surface area contributed by atoms with Crippen LogP contribution in [0.25, 0.3) is 77.2 Å². The fourth-order valence-corrected chi connectivity index (χ4v) is 8.53. The molecule has 9 aromatic rings. The fraction of sp³-hybridized carbons (Fsp3) is 0.0192. The summed E-state index contributed by atoms with van der Waals surface area (Å²) in [6.07, 6.45) is 1.88. The Morgan fingerprint density at radius 1 is 0.352 bits per heavy atom.